The second kappa shape index (κ2) is 11.9. The highest BCUT2D eigenvalue weighted by molar-refractivity contribution is 5.81. The number of benzene rings is 2. The number of amides is 1. The summed E-state index contributed by atoms with van der Waals surface area (Å²) in [7, 11) is 0. The number of carbonyl (C=O) groups is 2. The zero-order chi connectivity index (χ0) is 25.4. The van der Waals surface area contributed by atoms with Gasteiger partial charge in [-0.05, 0) is 44.2 Å². The molecule has 35 heavy (non-hydrogen) atoms. The van der Waals surface area contributed by atoms with Crippen LogP contribution in [0, 0.1) is 17.1 Å². The third-order valence-electron chi connectivity index (χ3n) is 5.52. The molecule has 9 nitrogen and oxygen atoms in total. The minimum absolute atomic E-state index is 0.0169. The van der Waals surface area contributed by atoms with Gasteiger partial charge in [-0.15, -0.1) is 0 Å². The van der Waals surface area contributed by atoms with E-state index in [2.05, 4.69) is 5.32 Å². The van der Waals surface area contributed by atoms with Gasteiger partial charge in [-0.2, -0.15) is 5.26 Å². The lowest BCUT2D eigenvalue weighted by Gasteiger charge is -2.30. The molecule has 2 aromatic rings. The van der Waals surface area contributed by atoms with Crippen molar-refractivity contribution in [2.45, 2.75) is 38.8 Å². The summed E-state index contributed by atoms with van der Waals surface area (Å²) < 4.78 is 32.5. The monoisotopic (exact) mass is 485 g/mol. The predicted octanol–water partition coefficient (Wildman–Crippen LogP) is 4.33. The highest BCUT2D eigenvalue weighted by Crippen LogP contribution is 2.35. The summed E-state index contributed by atoms with van der Waals surface area (Å²) in [5, 5.41) is 21.1. The van der Waals surface area contributed by atoms with Gasteiger partial charge < -0.3 is 29.5 Å². The number of carbonyl (C=O) groups excluding carboxylic acids is 1. The number of nitriles is 1. The largest absolute Gasteiger partial charge is 0.494 e. The van der Waals surface area contributed by atoms with Crippen LogP contribution in [0.4, 0.5) is 14.9 Å². The normalized spacial score (nSPS) is 14.5. The zero-order valence-corrected chi connectivity index (χ0v) is 19.6. The molecular formula is C25H28FN3O6. The van der Waals surface area contributed by atoms with Crippen molar-refractivity contribution in [3.05, 3.63) is 53.3 Å². The summed E-state index contributed by atoms with van der Waals surface area (Å²) in [4.78, 5) is 25.3. The molecule has 1 aliphatic rings. The van der Waals surface area contributed by atoms with Crippen molar-refractivity contribution in [2.75, 3.05) is 31.6 Å². The number of piperidine rings is 1. The third kappa shape index (κ3) is 6.53. The third-order valence-corrected chi connectivity index (χ3v) is 5.52. The first-order valence-corrected chi connectivity index (χ1v) is 11.4. The van der Waals surface area contributed by atoms with E-state index in [4.69, 9.17) is 24.6 Å². The number of hydrogen-bond acceptors (Lipinski definition) is 7. The lowest BCUT2D eigenvalue weighted by Crippen LogP contribution is -2.41. The Hall–Kier alpha value is -4.00. The topological polar surface area (TPSA) is 121 Å². The molecule has 0 bridgehead atoms. The molecule has 1 aliphatic heterocycles. The van der Waals surface area contributed by atoms with E-state index >= 15 is 4.39 Å². The Morgan fingerprint density at radius 3 is 2.46 bits per heavy atom. The van der Waals surface area contributed by atoms with Gasteiger partial charge >= 0.3 is 12.1 Å². The Morgan fingerprint density at radius 1 is 1.20 bits per heavy atom. The van der Waals surface area contributed by atoms with E-state index < -0.39 is 30.0 Å². The minimum atomic E-state index is -1.21. The van der Waals surface area contributed by atoms with Gasteiger partial charge in [-0.25, -0.2) is 14.0 Å². The van der Waals surface area contributed by atoms with Gasteiger partial charge in [0.1, 0.15) is 11.9 Å². The molecule has 0 radical (unpaired) electrons. The number of anilines is 1. The van der Waals surface area contributed by atoms with Crippen molar-refractivity contribution in [2.24, 2.45) is 0 Å². The van der Waals surface area contributed by atoms with E-state index in [1.165, 1.54) is 17.0 Å². The molecule has 0 saturated carbocycles. The van der Waals surface area contributed by atoms with E-state index in [0.717, 1.165) is 0 Å². The summed E-state index contributed by atoms with van der Waals surface area (Å²) in [6, 6.07) is 10.1. The fourth-order valence-electron chi connectivity index (χ4n) is 3.78. The van der Waals surface area contributed by atoms with Crippen LogP contribution in [-0.4, -0.2) is 54.5 Å². The number of hydrogen-bond donors (Lipinski definition) is 2. The molecule has 1 fully saturated rings. The van der Waals surface area contributed by atoms with Crippen molar-refractivity contribution in [1.29, 1.82) is 5.26 Å². The molecule has 0 aliphatic carbocycles. The van der Waals surface area contributed by atoms with Crippen LogP contribution in [0.1, 0.15) is 43.9 Å². The Morgan fingerprint density at radius 2 is 1.89 bits per heavy atom. The Labute approximate surface area is 203 Å². The predicted molar refractivity (Wildman–Crippen MR) is 125 cm³/mol. The highest BCUT2D eigenvalue weighted by Gasteiger charge is 2.30. The van der Waals surface area contributed by atoms with Crippen LogP contribution in [0.25, 0.3) is 0 Å². The number of rotatable bonds is 9. The molecule has 2 aromatic carbocycles. The summed E-state index contributed by atoms with van der Waals surface area (Å²) >= 11 is 0. The minimum Gasteiger partial charge on any atom is -0.494 e. The number of ether oxygens (including phenoxy) is 3. The van der Waals surface area contributed by atoms with E-state index in [0.29, 0.717) is 36.4 Å². The van der Waals surface area contributed by atoms with Crippen LogP contribution < -0.4 is 14.8 Å². The van der Waals surface area contributed by atoms with Gasteiger partial charge in [-0.3, -0.25) is 0 Å². The van der Waals surface area contributed by atoms with Crippen molar-refractivity contribution in [3.8, 4) is 17.6 Å². The van der Waals surface area contributed by atoms with E-state index in [1.54, 1.807) is 38.1 Å². The van der Waals surface area contributed by atoms with Crippen molar-refractivity contribution in [1.82, 2.24) is 4.90 Å². The lowest BCUT2D eigenvalue weighted by molar-refractivity contribution is -0.144. The second-order valence-electron chi connectivity index (χ2n) is 7.86. The molecular weight excluding hydrogens is 457 g/mol. The Kier molecular flexibility index (Phi) is 8.73. The number of likely N-dealkylation sites (tertiary alicyclic amines) is 1. The van der Waals surface area contributed by atoms with Gasteiger partial charge in [-0.1, -0.05) is 0 Å². The number of esters is 1. The maximum absolute atomic E-state index is 15.7. The Bertz CT molecular complexity index is 1080. The second-order valence-corrected chi connectivity index (χ2v) is 7.86. The van der Waals surface area contributed by atoms with E-state index in [1.807, 2.05) is 6.07 Å². The van der Waals surface area contributed by atoms with Gasteiger partial charge in [0.15, 0.2) is 17.6 Å². The number of nitrogens with one attached hydrogen (secondary N) is 1. The van der Waals surface area contributed by atoms with Crippen LogP contribution in [0.2, 0.25) is 0 Å². The van der Waals surface area contributed by atoms with Crippen LogP contribution in [0.15, 0.2) is 36.4 Å². The maximum atomic E-state index is 15.7. The van der Waals surface area contributed by atoms with Crippen LogP contribution in [-0.2, 0) is 9.53 Å². The average Bonchev–Trinajstić information content (AvgIpc) is 2.85. The Balaban J connectivity index is 1.93. The standard InChI is InChI=1S/C25H28FN3O6/c1-3-33-19-13-20(22(26)21(14-19)35-18-9-11-29(12-10-18)25(31)32)23(24(30)34-4-2)28-17-7-5-16(15-27)6-8-17/h5-8,13-14,18,23,28H,3-4,9-12H2,1-2H3,(H,31,32). The first-order valence-electron chi connectivity index (χ1n) is 11.4. The molecule has 0 aromatic heterocycles. The fourth-order valence-corrected chi connectivity index (χ4v) is 3.78. The molecule has 1 saturated heterocycles. The summed E-state index contributed by atoms with van der Waals surface area (Å²) in [5.74, 6) is -1.20. The molecule has 3 rings (SSSR count). The molecule has 186 valence electrons. The average molecular weight is 486 g/mol. The summed E-state index contributed by atoms with van der Waals surface area (Å²) in [5.41, 5.74) is 0.917. The molecule has 1 unspecified atom stereocenters. The molecule has 2 N–H and O–H groups in total. The van der Waals surface area contributed by atoms with Crippen molar-refractivity contribution in [3.63, 3.8) is 0 Å². The SMILES string of the molecule is CCOC(=O)C(Nc1ccc(C#N)cc1)c1cc(OCC)cc(OC2CCN(C(=O)O)CC2)c1F. The van der Waals surface area contributed by atoms with Crippen molar-refractivity contribution >= 4 is 17.7 Å². The molecule has 1 heterocycles. The number of halogens is 1. The van der Waals surface area contributed by atoms with Crippen LogP contribution in [0.3, 0.4) is 0 Å². The molecule has 1 amide bonds. The lowest BCUT2D eigenvalue weighted by atomic mass is 10.0. The number of carboxylic acid groups (broad SMARTS) is 1. The quantitative estimate of drug-likeness (QED) is 0.504. The van der Waals surface area contributed by atoms with Gasteiger partial charge in [0, 0.05) is 43.2 Å². The summed E-state index contributed by atoms with van der Waals surface area (Å²) in [6.45, 7) is 4.42. The fraction of sp³-hybridized carbons (Fsp3) is 0.400. The van der Waals surface area contributed by atoms with E-state index in [-0.39, 0.29) is 31.0 Å². The van der Waals surface area contributed by atoms with Gasteiger partial charge in [0.05, 0.1) is 24.8 Å². The van der Waals surface area contributed by atoms with Gasteiger partial charge in [0.25, 0.3) is 0 Å². The highest BCUT2D eigenvalue weighted by atomic mass is 19.1. The van der Waals surface area contributed by atoms with Crippen LogP contribution in [0.5, 0.6) is 11.5 Å². The smallest absolute Gasteiger partial charge is 0.407 e. The first kappa shape index (κ1) is 25.6. The maximum Gasteiger partial charge on any atom is 0.407 e. The first-order chi connectivity index (χ1) is 16.9. The van der Waals surface area contributed by atoms with Crippen molar-refractivity contribution < 1.29 is 33.3 Å². The van der Waals surface area contributed by atoms with Crippen LogP contribution >= 0.6 is 0 Å². The summed E-state index contributed by atoms with van der Waals surface area (Å²) in [6.07, 6.45) is -0.575. The molecule has 1 atom stereocenters. The van der Waals surface area contributed by atoms with E-state index in [9.17, 15) is 9.59 Å². The van der Waals surface area contributed by atoms with Gasteiger partial charge in [0.2, 0.25) is 0 Å². The molecule has 0 spiro atoms. The number of nitrogens with zero attached hydrogens (tertiary/aromatic N) is 2. The zero-order valence-electron chi connectivity index (χ0n) is 19.6. The molecule has 10 heteroatoms.